The van der Waals surface area contributed by atoms with E-state index in [2.05, 4.69) is 10.6 Å². The number of alkyl halides is 3. The average Bonchev–Trinajstić information content (AvgIpc) is 2.53. The number of halogens is 4. The first kappa shape index (κ1) is 18.6. The first-order valence-corrected chi connectivity index (χ1v) is 9.52. The van der Waals surface area contributed by atoms with Crippen molar-refractivity contribution in [2.75, 3.05) is 5.32 Å². The van der Waals surface area contributed by atoms with E-state index in [9.17, 15) is 22.8 Å². The van der Waals surface area contributed by atoms with Crippen LogP contribution in [0.2, 0.25) is 5.02 Å². The van der Waals surface area contributed by atoms with Crippen LogP contribution in [0.3, 0.4) is 0 Å². The summed E-state index contributed by atoms with van der Waals surface area (Å²) in [6.45, 7) is 0. The van der Waals surface area contributed by atoms with Gasteiger partial charge in [-0.15, -0.1) is 0 Å². The lowest BCUT2D eigenvalue weighted by Gasteiger charge is -2.56. The summed E-state index contributed by atoms with van der Waals surface area (Å²) in [6, 6.07) is 3.03. The minimum atomic E-state index is -4.69. The average molecular weight is 401 g/mol. The summed E-state index contributed by atoms with van der Waals surface area (Å²) in [5.74, 6) is -0.230. The third-order valence-electron chi connectivity index (χ3n) is 6.16. The lowest BCUT2D eigenvalue weighted by atomic mass is 9.53. The van der Waals surface area contributed by atoms with Gasteiger partial charge in [0.1, 0.15) is 0 Å². The summed E-state index contributed by atoms with van der Waals surface area (Å²) in [7, 11) is 0. The van der Waals surface area contributed by atoms with Gasteiger partial charge in [0.05, 0.1) is 11.3 Å². The third kappa shape index (κ3) is 3.66. The quantitative estimate of drug-likeness (QED) is 0.724. The number of hydrogen-bond donors (Lipinski definition) is 2. The second-order valence-electron chi connectivity index (χ2n) is 8.29. The number of amides is 2. The maximum Gasteiger partial charge on any atom is 0.418 e. The molecule has 5 rings (SSSR count). The molecule has 0 radical (unpaired) electrons. The van der Waals surface area contributed by atoms with E-state index in [1.54, 1.807) is 0 Å². The molecule has 0 aliphatic heterocycles. The highest BCUT2D eigenvalue weighted by Gasteiger charge is 2.52. The predicted molar refractivity (Wildman–Crippen MR) is 94.1 cm³/mol. The Morgan fingerprint density at radius 2 is 1.56 bits per heavy atom. The van der Waals surface area contributed by atoms with Crippen LogP contribution in [0.1, 0.15) is 44.1 Å². The molecule has 0 atom stereocenters. The molecule has 1 aromatic carbocycles. The van der Waals surface area contributed by atoms with Crippen molar-refractivity contribution in [3.05, 3.63) is 28.8 Å². The van der Waals surface area contributed by atoms with Crippen molar-refractivity contribution in [1.29, 1.82) is 0 Å². The molecule has 4 aliphatic carbocycles. The largest absolute Gasteiger partial charge is 0.418 e. The van der Waals surface area contributed by atoms with Crippen LogP contribution < -0.4 is 10.6 Å². The van der Waals surface area contributed by atoms with Crippen molar-refractivity contribution in [2.24, 2.45) is 17.8 Å². The molecule has 8 heteroatoms. The van der Waals surface area contributed by atoms with Gasteiger partial charge in [0.2, 0.25) is 0 Å². The van der Waals surface area contributed by atoms with Crippen LogP contribution in [-0.2, 0) is 15.8 Å². The van der Waals surface area contributed by atoms with Crippen LogP contribution in [0.15, 0.2) is 18.2 Å². The van der Waals surface area contributed by atoms with Gasteiger partial charge in [-0.2, -0.15) is 13.2 Å². The molecule has 0 spiro atoms. The second-order valence-corrected chi connectivity index (χ2v) is 8.73. The molecular formula is C19H20ClF3N2O2. The summed E-state index contributed by atoms with van der Waals surface area (Å²) in [4.78, 5) is 24.7. The normalized spacial score (nSPS) is 31.6. The summed E-state index contributed by atoms with van der Waals surface area (Å²) >= 11 is 5.63. The monoisotopic (exact) mass is 400 g/mol. The van der Waals surface area contributed by atoms with Gasteiger partial charge >= 0.3 is 18.0 Å². The molecule has 4 fully saturated rings. The highest BCUT2D eigenvalue weighted by molar-refractivity contribution is 6.40. The smallest absolute Gasteiger partial charge is 0.342 e. The van der Waals surface area contributed by atoms with Crippen molar-refractivity contribution >= 4 is 29.1 Å². The second kappa shape index (κ2) is 6.40. The van der Waals surface area contributed by atoms with Crippen LogP contribution in [0, 0.1) is 17.8 Å². The van der Waals surface area contributed by atoms with Gasteiger partial charge < -0.3 is 10.6 Å². The highest BCUT2D eigenvalue weighted by Crippen LogP contribution is 2.55. The Morgan fingerprint density at radius 1 is 1.00 bits per heavy atom. The first-order valence-electron chi connectivity index (χ1n) is 9.14. The molecule has 0 heterocycles. The van der Waals surface area contributed by atoms with E-state index in [0.29, 0.717) is 17.8 Å². The molecule has 4 saturated carbocycles. The predicted octanol–water partition coefficient (Wildman–Crippen LogP) is 4.38. The maximum atomic E-state index is 13.2. The number of rotatable bonds is 2. The van der Waals surface area contributed by atoms with Gasteiger partial charge in [-0.3, -0.25) is 9.59 Å². The molecular weight excluding hydrogens is 381 g/mol. The van der Waals surface area contributed by atoms with Gasteiger partial charge in [-0.25, -0.2) is 0 Å². The Morgan fingerprint density at radius 3 is 2.07 bits per heavy atom. The van der Waals surface area contributed by atoms with Gasteiger partial charge in [0, 0.05) is 10.6 Å². The van der Waals surface area contributed by atoms with E-state index in [1.165, 1.54) is 25.3 Å². The number of anilines is 1. The topological polar surface area (TPSA) is 58.2 Å². The van der Waals surface area contributed by atoms with Gasteiger partial charge in [-0.1, -0.05) is 11.6 Å². The van der Waals surface area contributed by atoms with E-state index >= 15 is 0 Å². The van der Waals surface area contributed by atoms with E-state index < -0.39 is 29.2 Å². The van der Waals surface area contributed by atoms with Crippen LogP contribution in [0.4, 0.5) is 18.9 Å². The van der Waals surface area contributed by atoms with Crippen LogP contribution in [-0.4, -0.2) is 17.4 Å². The van der Waals surface area contributed by atoms with Crippen molar-refractivity contribution < 1.29 is 22.8 Å². The molecule has 2 N–H and O–H groups in total. The van der Waals surface area contributed by atoms with Crippen LogP contribution in [0.25, 0.3) is 0 Å². The molecule has 1 aromatic rings. The van der Waals surface area contributed by atoms with Crippen LogP contribution in [0.5, 0.6) is 0 Å². The molecule has 0 saturated heterocycles. The zero-order valence-corrected chi connectivity index (χ0v) is 15.3. The number of carbonyl (C=O) groups is 2. The van der Waals surface area contributed by atoms with Gasteiger partial charge in [0.15, 0.2) is 0 Å². The third-order valence-corrected chi connectivity index (χ3v) is 6.39. The maximum absolute atomic E-state index is 13.2. The first-order chi connectivity index (χ1) is 12.6. The fourth-order valence-corrected chi connectivity index (χ4v) is 5.77. The van der Waals surface area contributed by atoms with Crippen molar-refractivity contribution in [1.82, 2.24) is 5.32 Å². The standard InChI is InChI=1S/C19H20ClF3N2O2/c20-13-1-2-15(14(6-13)19(21,22)23)24-16(26)17(27)25-18-7-10-3-11(8-18)5-12(4-10)9-18/h1-2,6,10-12H,3-5,7-9H2,(H,24,26)(H,25,27). The van der Waals surface area contributed by atoms with Gasteiger partial charge in [-0.05, 0) is 74.5 Å². The molecule has 4 nitrogen and oxygen atoms in total. The summed E-state index contributed by atoms with van der Waals surface area (Å²) in [5, 5.41) is 4.85. The lowest BCUT2D eigenvalue weighted by Crippen LogP contribution is -2.61. The number of carbonyl (C=O) groups excluding carboxylic acids is 2. The minimum Gasteiger partial charge on any atom is -0.342 e. The molecule has 0 aromatic heterocycles. The van der Waals surface area contributed by atoms with E-state index in [0.717, 1.165) is 31.4 Å². The summed E-state index contributed by atoms with van der Waals surface area (Å²) in [6.07, 6.45) is 1.42. The molecule has 4 aliphatic rings. The Balaban J connectivity index is 1.47. The minimum absolute atomic E-state index is 0.0988. The Bertz CT molecular complexity index is 758. The van der Waals surface area contributed by atoms with Crippen molar-refractivity contribution in [3.63, 3.8) is 0 Å². The van der Waals surface area contributed by atoms with Gasteiger partial charge in [0.25, 0.3) is 0 Å². The Hall–Kier alpha value is -1.76. The fourth-order valence-electron chi connectivity index (χ4n) is 5.60. The molecule has 146 valence electrons. The molecule has 2 amide bonds. The SMILES string of the molecule is O=C(Nc1ccc(Cl)cc1C(F)(F)F)C(=O)NC12CC3CC(CC(C3)C1)C2. The zero-order valence-electron chi connectivity index (χ0n) is 14.5. The molecule has 0 unspecified atom stereocenters. The van der Waals surface area contributed by atoms with Crippen molar-refractivity contribution in [3.8, 4) is 0 Å². The number of benzene rings is 1. The van der Waals surface area contributed by atoms with E-state index in [-0.39, 0.29) is 10.6 Å². The fraction of sp³-hybridized carbons (Fsp3) is 0.579. The Kier molecular flexibility index (Phi) is 4.41. The Labute approximate surface area is 159 Å². The molecule has 27 heavy (non-hydrogen) atoms. The van der Waals surface area contributed by atoms with E-state index in [4.69, 9.17) is 11.6 Å². The van der Waals surface area contributed by atoms with Crippen molar-refractivity contribution in [2.45, 2.75) is 50.2 Å². The zero-order chi connectivity index (χ0) is 19.4. The highest BCUT2D eigenvalue weighted by atomic mass is 35.5. The molecule has 4 bridgehead atoms. The lowest BCUT2D eigenvalue weighted by molar-refractivity contribution is -0.140. The summed E-state index contributed by atoms with van der Waals surface area (Å²) in [5.41, 5.74) is -1.93. The number of nitrogens with one attached hydrogen (secondary N) is 2. The van der Waals surface area contributed by atoms with Crippen LogP contribution >= 0.6 is 11.6 Å². The summed E-state index contributed by atoms with van der Waals surface area (Å²) < 4.78 is 39.5. The van der Waals surface area contributed by atoms with E-state index in [1.807, 2.05) is 0 Å². The number of hydrogen-bond acceptors (Lipinski definition) is 2.